The van der Waals surface area contributed by atoms with Gasteiger partial charge in [0, 0.05) is 5.56 Å². The van der Waals surface area contributed by atoms with Crippen LogP contribution in [-0.2, 0) is 0 Å². The highest BCUT2D eigenvalue weighted by molar-refractivity contribution is 5.94. The van der Waals surface area contributed by atoms with Crippen molar-refractivity contribution in [2.24, 2.45) is 0 Å². The lowest BCUT2D eigenvalue weighted by Gasteiger charge is -2.21. The predicted molar refractivity (Wildman–Crippen MR) is 79.4 cm³/mol. The van der Waals surface area contributed by atoms with Crippen molar-refractivity contribution in [2.45, 2.75) is 26.0 Å². The zero-order valence-corrected chi connectivity index (χ0v) is 12.3. The fraction of sp³-hybridized carbons (Fsp3) is 0.235. The Bertz CT molecular complexity index is 688. The molecule has 0 heterocycles. The third-order valence-electron chi connectivity index (χ3n) is 3.40. The highest BCUT2D eigenvalue weighted by atomic mass is 19.2. The first-order valence-corrected chi connectivity index (χ1v) is 6.89. The minimum Gasteiger partial charge on any atom is -0.386 e. The number of aliphatic hydroxyl groups is 1. The number of benzene rings is 2. The molecule has 5 heteroatoms. The molecule has 0 aliphatic rings. The number of aryl methyl sites for hydroxylation is 1. The minimum atomic E-state index is -1.14. The summed E-state index contributed by atoms with van der Waals surface area (Å²) in [5.41, 5.74) is 1.63. The van der Waals surface area contributed by atoms with E-state index in [-0.39, 0.29) is 11.5 Å². The number of carbonyl (C=O) groups is 1. The van der Waals surface area contributed by atoms with Crippen LogP contribution in [0.5, 0.6) is 0 Å². The Kier molecular flexibility index (Phi) is 4.88. The Morgan fingerprint density at radius 1 is 1.14 bits per heavy atom. The largest absolute Gasteiger partial charge is 0.386 e. The lowest BCUT2D eigenvalue weighted by molar-refractivity contribution is 0.0851. The van der Waals surface area contributed by atoms with Crippen LogP contribution in [-0.4, -0.2) is 17.1 Å². The monoisotopic (exact) mass is 305 g/mol. The van der Waals surface area contributed by atoms with E-state index in [0.717, 1.165) is 17.7 Å². The molecule has 2 unspecified atom stereocenters. The summed E-state index contributed by atoms with van der Waals surface area (Å²) in [7, 11) is 0. The Morgan fingerprint density at radius 3 is 2.50 bits per heavy atom. The summed E-state index contributed by atoms with van der Waals surface area (Å²) >= 11 is 0. The van der Waals surface area contributed by atoms with Gasteiger partial charge in [0.2, 0.25) is 0 Å². The SMILES string of the molecule is Cc1cccc(C(=O)NC(C)C(O)c2ccc(F)c(F)c2)c1. The molecule has 0 bridgehead atoms. The van der Waals surface area contributed by atoms with Gasteiger partial charge in [0.15, 0.2) is 11.6 Å². The van der Waals surface area contributed by atoms with Crippen LogP contribution in [0.25, 0.3) is 0 Å². The number of aliphatic hydroxyl groups excluding tert-OH is 1. The third kappa shape index (κ3) is 3.68. The molecule has 0 aliphatic heterocycles. The molecule has 116 valence electrons. The van der Waals surface area contributed by atoms with Crippen molar-refractivity contribution in [1.82, 2.24) is 5.32 Å². The number of hydrogen-bond donors (Lipinski definition) is 2. The molecule has 0 aliphatic carbocycles. The third-order valence-corrected chi connectivity index (χ3v) is 3.40. The molecule has 2 atom stereocenters. The van der Waals surface area contributed by atoms with Crippen LogP contribution in [0.2, 0.25) is 0 Å². The number of amides is 1. The molecular formula is C17H17F2NO2. The highest BCUT2D eigenvalue weighted by Crippen LogP contribution is 2.19. The molecule has 2 aromatic carbocycles. The van der Waals surface area contributed by atoms with E-state index in [1.165, 1.54) is 6.07 Å². The molecule has 0 saturated heterocycles. The number of halogens is 2. The maximum atomic E-state index is 13.2. The molecule has 22 heavy (non-hydrogen) atoms. The van der Waals surface area contributed by atoms with Gasteiger partial charge in [0.25, 0.3) is 5.91 Å². The molecule has 0 aromatic heterocycles. The first-order chi connectivity index (χ1) is 10.4. The molecule has 1 amide bonds. The van der Waals surface area contributed by atoms with E-state index in [4.69, 9.17) is 0 Å². The summed E-state index contributed by atoms with van der Waals surface area (Å²) in [5.74, 6) is -2.35. The lowest BCUT2D eigenvalue weighted by atomic mass is 10.0. The Morgan fingerprint density at radius 2 is 1.86 bits per heavy atom. The topological polar surface area (TPSA) is 49.3 Å². The number of rotatable bonds is 4. The van der Waals surface area contributed by atoms with E-state index >= 15 is 0 Å². The Balaban J connectivity index is 2.09. The first kappa shape index (κ1) is 16.1. The van der Waals surface area contributed by atoms with Gasteiger partial charge in [-0.1, -0.05) is 23.8 Å². The van der Waals surface area contributed by atoms with Gasteiger partial charge in [0.05, 0.1) is 12.1 Å². The van der Waals surface area contributed by atoms with Crippen LogP contribution in [0.4, 0.5) is 8.78 Å². The van der Waals surface area contributed by atoms with Crippen LogP contribution in [0.15, 0.2) is 42.5 Å². The van der Waals surface area contributed by atoms with Crippen molar-refractivity contribution in [1.29, 1.82) is 0 Å². The van der Waals surface area contributed by atoms with Crippen molar-refractivity contribution in [2.75, 3.05) is 0 Å². The average molecular weight is 305 g/mol. The average Bonchev–Trinajstić information content (AvgIpc) is 2.49. The Labute approximate surface area is 127 Å². The van der Waals surface area contributed by atoms with E-state index in [0.29, 0.717) is 5.56 Å². The molecule has 2 N–H and O–H groups in total. The molecule has 0 spiro atoms. The van der Waals surface area contributed by atoms with Crippen molar-refractivity contribution in [3.05, 3.63) is 70.8 Å². The zero-order valence-electron chi connectivity index (χ0n) is 12.3. The fourth-order valence-corrected chi connectivity index (χ4v) is 2.14. The van der Waals surface area contributed by atoms with Gasteiger partial charge in [-0.05, 0) is 43.7 Å². The van der Waals surface area contributed by atoms with Crippen LogP contribution in [0.1, 0.15) is 34.5 Å². The minimum absolute atomic E-state index is 0.205. The van der Waals surface area contributed by atoms with E-state index in [2.05, 4.69) is 5.32 Å². The van der Waals surface area contributed by atoms with Gasteiger partial charge >= 0.3 is 0 Å². The van der Waals surface area contributed by atoms with Crippen LogP contribution >= 0.6 is 0 Å². The summed E-state index contributed by atoms with van der Waals surface area (Å²) in [6.07, 6.45) is -1.14. The summed E-state index contributed by atoms with van der Waals surface area (Å²) in [5, 5.41) is 12.8. The second-order valence-corrected chi connectivity index (χ2v) is 5.25. The van der Waals surface area contributed by atoms with Gasteiger partial charge in [-0.25, -0.2) is 8.78 Å². The van der Waals surface area contributed by atoms with Crippen molar-refractivity contribution >= 4 is 5.91 Å². The molecule has 0 saturated carbocycles. The zero-order chi connectivity index (χ0) is 16.3. The van der Waals surface area contributed by atoms with Gasteiger partial charge < -0.3 is 10.4 Å². The van der Waals surface area contributed by atoms with Gasteiger partial charge in [-0.2, -0.15) is 0 Å². The molecule has 2 aromatic rings. The van der Waals surface area contributed by atoms with E-state index in [9.17, 15) is 18.7 Å². The van der Waals surface area contributed by atoms with Crippen LogP contribution < -0.4 is 5.32 Å². The van der Waals surface area contributed by atoms with Gasteiger partial charge in [-0.3, -0.25) is 4.79 Å². The van der Waals surface area contributed by atoms with E-state index in [1.807, 2.05) is 13.0 Å². The van der Waals surface area contributed by atoms with Crippen LogP contribution in [0.3, 0.4) is 0 Å². The van der Waals surface area contributed by atoms with Gasteiger partial charge in [0.1, 0.15) is 0 Å². The number of carbonyl (C=O) groups excluding carboxylic acids is 1. The lowest BCUT2D eigenvalue weighted by Crippen LogP contribution is -2.37. The van der Waals surface area contributed by atoms with Crippen LogP contribution in [0, 0.1) is 18.6 Å². The molecule has 0 radical (unpaired) electrons. The smallest absolute Gasteiger partial charge is 0.251 e. The van der Waals surface area contributed by atoms with Crippen molar-refractivity contribution in [3.63, 3.8) is 0 Å². The maximum Gasteiger partial charge on any atom is 0.251 e. The summed E-state index contributed by atoms with van der Waals surface area (Å²) in [4.78, 5) is 12.1. The molecule has 3 nitrogen and oxygen atoms in total. The van der Waals surface area contributed by atoms with E-state index in [1.54, 1.807) is 25.1 Å². The second kappa shape index (κ2) is 6.66. The molecule has 0 fully saturated rings. The van der Waals surface area contributed by atoms with Crippen molar-refractivity contribution < 1.29 is 18.7 Å². The summed E-state index contributed by atoms with van der Waals surface area (Å²) < 4.78 is 26.1. The maximum absolute atomic E-state index is 13.2. The Hall–Kier alpha value is -2.27. The molecule has 2 rings (SSSR count). The summed E-state index contributed by atoms with van der Waals surface area (Å²) in [6, 6.07) is 9.54. The molecular weight excluding hydrogens is 288 g/mol. The standard InChI is InChI=1S/C17H17F2NO2/c1-10-4-3-5-13(8-10)17(22)20-11(2)16(21)12-6-7-14(18)15(19)9-12/h3-9,11,16,21H,1-2H3,(H,20,22). The van der Waals surface area contributed by atoms with E-state index < -0.39 is 23.8 Å². The second-order valence-electron chi connectivity index (χ2n) is 5.25. The number of nitrogens with one attached hydrogen (secondary N) is 1. The quantitative estimate of drug-likeness (QED) is 0.912. The number of hydrogen-bond acceptors (Lipinski definition) is 2. The van der Waals surface area contributed by atoms with Gasteiger partial charge in [-0.15, -0.1) is 0 Å². The highest BCUT2D eigenvalue weighted by Gasteiger charge is 2.20. The fourth-order valence-electron chi connectivity index (χ4n) is 2.14. The first-order valence-electron chi connectivity index (χ1n) is 6.89. The normalized spacial score (nSPS) is 13.5. The van der Waals surface area contributed by atoms with Crippen molar-refractivity contribution in [3.8, 4) is 0 Å². The predicted octanol–water partition coefficient (Wildman–Crippen LogP) is 3.13. The summed E-state index contributed by atoms with van der Waals surface area (Å²) in [6.45, 7) is 3.47.